The van der Waals surface area contributed by atoms with E-state index in [1.54, 1.807) is 0 Å². The number of hydrogen-bond donors (Lipinski definition) is 3. The molecule has 0 aliphatic carbocycles. The molecule has 0 bridgehead atoms. The summed E-state index contributed by atoms with van der Waals surface area (Å²) in [7, 11) is -9.14. The Balaban J connectivity index is -0.000000435. The first kappa shape index (κ1) is 49.5. The molecule has 0 aliphatic heterocycles. The zero-order valence-electron chi connectivity index (χ0n) is 26.3. The third-order valence-electron chi connectivity index (χ3n) is 5.73. The molecule has 0 fully saturated rings. The fraction of sp³-hybridized carbons (Fsp3) is 0.333. The quantitative estimate of drug-likeness (QED) is 0.0803. The fourth-order valence-electron chi connectivity index (χ4n) is 3.95. The van der Waals surface area contributed by atoms with Crippen LogP contribution in [0.2, 0.25) is 0 Å². The molecule has 0 aliphatic rings. The van der Waals surface area contributed by atoms with E-state index < -0.39 is 40.9 Å². The second-order valence-corrected chi connectivity index (χ2v) is 11.8. The Kier molecular flexibility index (Phi) is 30.8. The first-order valence-electron chi connectivity index (χ1n) is 12.1. The smallest absolute Gasteiger partial charge is 0.439 e. The molecule has 3 N–H and O–H groups in total. The van der Waals surface area contributed by atoms with Gasteiger partial charge in [-0.25, -0.2) is 0 Å². The molecule has 0 saturated heterocycles. The number of rotatable bonds is 6. The maximum atomic E-state index is 8.56. The van der Waals surface area contributed by atoms with E-state index in [4.69, 9.17) is 38.9 Å². The summed E-state index contributed by atoms with van der Waals surface area (Å²) in [6.45, 7) is 13.6. The van der Waals surface area contributed by atoms with E-state index in [-0.39, 0.29) is 56.6 Å². The number of aryl methyl sites for hydroxylation is 6. The van der Waals surface area contributed by atoms with Crippen molar-refractivity contribution in [3.63, 3.8) is 0 Å². The summed E-state index contributed by atoms with van der Waals surface area (Å²) >= 11 is 0. The van der Waals surface area contributed by atoms with Crippen molar-refractivity contribution in [3.8, 4) is 0 Å². The van der Waals surface area contributed by atoms with Crippen molar-refractivity contribution in [3.05, 3.63) is 88.0 Å². The summed E-state index contributed by atoms with van der Waals surface area (Å²) in [5, 5.41) is 4.48. The van der Waals surface area contributed by atoms with Crippen LogP contribution in [-0.2, 0) is 77.5 Å². The van der Waals surface area contributed by atoms with Gasteiger partial charge in [-0.15, -0.1) is 0 Å². The van der Waals surface area contributed by atoms with Crippen molar-refractivity contribution in [2.24, 2.45) is 0 Å². The molecule has 0 amide bonds. The molecule has 43 heavy (non-hydrogen) atoms. The average Bonchev–Trinajstić information content (AvgIpc) is 2.85. The molecular weight excluding hydrogens is 616 g/mol. The van der Waals surface area contributed by atoms with E-state index in [0.717, 1.165) is 19.3 Å². The summed E-state index contributed by atoms with van der Waals surface area (Å²) in [6, 6.07) is 21.3. The molecule has 3 aromatic carbocycles. The van der Waals surface area contributed by atoms with E-state index in [0.29, 0.717) is 0 Å². The van der Waals surface area contributed by atoms with Gasteiger partial charge < -0.3 is 38.9 Å². The third-order valence-corrected chi connectivity index (χ3v) is 8.68. The van der Waals surface area contributed by atoms with Crippen LogP contribution in [0.1, 0.15) is 54.2 Å². The van der Waals surface area contributed by atoms with E-state index >= 15 is 0 Å². The van der Waals surface area contributed by atoms with Crippen LogP contribution in [0.5, 0.6) is 0 Å². The van der Waals surface area contributed by atoms with Gasteiger partial charge in [0.2, 0.25) is 0 Å². The van der Waals surface area contributed by atoms with Crippen LogP contribution in [0.3, 0.4) is 0 Å². The van der Waals surface area contributed by atoms with Crippen LogP contribution in [0.15, 0.2) is 54.6 Å². The van der Waals surface area contributed by atoms with Gasteiger partial charge in [0, 0.05) is 33.0 Å². The van der Waals surface area contributed by atoms with Crippen molar-refractivity contribution in [2.75, 3.05) is 0 Å². The topological polar surface area (TPSA) is 163 Å². The minimum atomic E-state index is -2.86. The van der Waals surface area contributed by atoms with E-state index in [1.807, 2.05) is 0 Å². The van der Waals surface area contributed by atoms with Gasteiger partial charge in [0.1, 0.15) is 0 Å². The maximum absolute atomic E-state index is 8.56. The van der Waals surface area contributed by atoms with Crippen LogP contribution in [0, 0.1) is 20.8 Å². The minimum Gasteiger partial charge on any atom is -0.439 e. The second kappa shape index (κ2) is 26.8. The summed E-state index contributed by atoms with van der Waals surface area (Å²) in [6.07, 6.45) is 3.27. The van der Waals surface area contributed by atoms with Gasteiger partial charge in [0.25, 0.3) is 0 Å². The van der Waals surface area contributed by atoms with Gasteiger partial charge in [-0.3, -0.25) is 0 Å². The Morgan fingerprint density at radius 1 is 0.488 bits per heavy atom. The van der Waals surface area contributed by atoms with Crippen molar-refractivity contribution in [2.45, 2.75) is 60.8 Å². The first-order chi connectivity index (χ1) is 18.7. The minimum absolute atomic E-state index is 0. The molecule has 224 valence electrons. The SMILES string of the molecule is CCc1ccc(P(c2ccc(CC)cc2C)c2ccc(CC)cc2C)c(C)c1.O=[S-](=O)O.O=[S-](=O)O.O=[S-](=O)O.[Li+].[Li+].[Li+]. The monoisotopic (exact) mass is 652 g/mol. The zero-order chi connectivity index (χ0) is 31.0. The molecule has 9 nitrogen and oxygen atoms in total. The number of benzene rings is 3. The molecule has 16 heteroatoms. The van der Waals surface area contributed by atoms with Crippen molar-refractivity contribution < 1.29 is 95.5 Å². The van der Waals surface area contributed by atoms with E-state index in [9.17, 15) is 0 Å². The fourth-order valence-corrected chi connectivity index (χ4v) is 6.66. The van der Waals surface area contributed by atoms with Gasteiger partial charge >= 0.3 is 56.6 Å². The van der Waals surface area contributed by atoms with Gasteiger partial charge in [-0.05, 0) is 97.2 Å². The van der Waals surface area contributed by atoms with Gasteiger partial charge in [0.15, 0.2) is 0 Å². The Bertz CT molecular complexity index is 1280. The molecule has 0 radical (unpaired) electrons. The normalized spacial score (nSPS) is 9.70. The molecule has 0 spiro atoms. The maximum Gasteiger partial charge on any atom is 1.00 e. The van der Waals surface area contributed by atoms with E-state index in [1.165, 1.54) is 49.3 Å². The van der Waals surface area contributed by atoms with Gasteiger partial charge in [-0.2, -0.15) is 0 Å². The van der Waals surface area contributed by atoms with Crippen LogP contribution in [0.4, 0.5) is 0 Å². The molecule has 3 rings (SSSR count). The van der Waals surface area contributed by atoms with E-state index in [2.05, 4.69) is 96.1 Å². The molecule has 0 heterocycles. The molecule has 0 unspecified atom stereocenters. The first-order valence-corrected chi connectivity index (χ1v) is 16.6. The standard InChI is InChI=1S/C27H33P.3Li.3HO3S/c1-7-22-10-13-25(19(4)16-22)28(26-14-11-23(8-2)17-20(26)5)27-15-12-24(9-3)18-21(27)6;;;;3*1-4(2)3/h10-18H,7-9H2,1-6H3;;;;3*(H,1,2,3)/q;3*+1;3*-1. The average molecular weight is 653 g/mol. The van der Waals surface area contributed by atoms with Crippen LogP contribution < -0.4 is 72.5 Å². The molecule has 0 atom stereocenters. The van der Waals surface area contributed by atoms with Crippen molar-refractivity contribution in [1.29, 1.82) is 0 Å². The Morgan fingerprint density at radius 3 is 0.814 bits per heavy atom. The zero-order valence-corrected chi connectivity index (χ0v) is 29.6. The van der Waals surface area contributed by atoms with Gasteiger partial charge in [0.05, 0.1) is 0 Å². The molecule has 0 aromatic heterocycles. The summed E-state index contributed by atoms with van der Waals surface area (Å²) in [5.41, 5.74) is 8.53. The summed E-state index contributed by atoms with van der Waals surface area (Å²) in [5.74, 6) is 0. The molecular formula is C27H36Li3O9PS3. The Morgan fingerprint density at radius 2 is 0.674 bits per heavy atom. The van der Waals surface area contributed by atoms with Crippen molar-refractivity contribution in [1.82, 2.24) is 0 Å². The predicted molar refractivity (Wildman–Crippen MR) is 162 cm³/mol. The summed E-state index contributed by atoms with van der Waals surface area (Å²) in [4.78, 5) is 0. The second-order valence-electron chi connectivity index (χ2n) is 8.41. The summed E-state index contributed by atoms with van der Waals surface area (Å²) < 4.78 is 72.2. The number of hydrogen-bond acceptors (Lipinski definition) is 9. The van der Waals surface area contributed by atoms with Crippen LogP contribution in [-0.4, -0.2) is 13.7 Å². The third kappa shape index (κ3) is 20.4. The van der Waals surface area contributed by atoms with Gasteiger partial charge in [-0.1, -0.05) is 75.4 Å². The Labute approximate surface area is 298 Å². The Hall–Kier alpha value is -0.388. The molecule has 0 saturated carbocycles. The van der Waals surface area contributed by atoms with Crippen LogP contribution in [0.25, 0.3) is 0 Å². The van der Waals surface area contributed by atoms with Crippen molar-refractivity contribution >= 4 is 56.8 Å². The molecule has 3 aromatic rings. The van der Waals surface area contributed by atoms with Crippen LogP contribution >= 0.6 is 7.92 Å². The largest absolute Gasteiger partial charge is 1.00 e. The predicted octanol–water partition coefficient (Wildman–Crippen LogP) is -3.62.